The zero-order valence-electron chi connectivity index (χ0n) is 12.4. The van der Waals surface area contributed by atoms with Crippen molar-refractivity contribution >= 4 is 11.7 Å². The number of hydrogen-bond donors (Lipinski definition) is 1. The van der Waals surface area contributed by atoms with Gasteiger partial charge in [0.25, 0.3) is 0 Å². The lowest BCUT2D eigenvalue weighted by molar-refractivity contribution is 0.0585. The van der Waals surface area contributed by atoms with Gasteiger partial charge in [0.05, 0.1) is 7.11 Å². The molecule has 0 amide bonds. The van der Waals surface area contributed by atoms with Gasteiger partial charge in [-0.25, -0.2) is 9.78 Å². The molecule has 0 aliphatic heterocycles. The summed E-state index contributed by atoms with van der Waals surface area (Å²) in [5, 5.41) is 0. The number of carbonyl (C=O) groups is 1. The van der Waals surface area contributed by atoms with Crippen molar-refractivity contribution < 1.29 is 14.3 Å². The van der Waals surface area contributed by atoms with E-state index in [0.717, 1.165) is 11.1 Å². The number of rotatable bonds is 3. The molecule has 0 saturated heterocycles. The topological polar surface area (TPSA) is 87.3 Å². The summed E-state index contributed by atoms with van der Waals surface area (Å²) in [6.07, 6.45) is 0. The van der Waals surface area contributed by atoms with Crippen LogP contribution >= 0.6 is 0 Å². The van der Waals surface area contributed by atoms with Crippen LogP contribution < -0.4 is 10.5 Å². The van der Waals surface area contributed by atoms with Gasteiger partial charge < -0.3 is 15.2 Å². The number of aromatic nitrogens is 2. The molecule has 6 heteroatoms. The van der Waals surface area contributed by atoms with E-state index in [1.807, 2.05) is 19.9 Å². The third-order valence-electron chi connectivity index (χ3n) is 2.98. The van der Waals surface area contributed by atoms with Gasteiger partial charge in [-0.3, -0.25) is 0 Å². The number of carbonyl (C=O) groups excluding carboxylic acids is 1. The van der Waals surface area contributed by atoms with Crippen LogP contribution in [-0.4, -0.2) is 23.0 Å². The van der Waals surface area contributed by atoms with Crippen LogP contribution in [0.5, 0.6) is 11.6 Å². The lowest BCUT2D eigenvalue weighted by Gasteiger charge is -2.11. The van der Waals surface area contributed by atoms with Crippen molar-refractivity contribution in [2.45, 2.75) is 20.8 Å². The summed E-state index contributed by atoms with van der Waals surface area (Å²) >= 11 is 0. The minimum Gasteiger partial charge on any atom is -0.463 e. The van der Waals surface area contributed by atoms with Crippen LogP contribution in [0, 0.1) is 20.8 Å². The molecule has 6 nitrogen and oxygen atoms in total. The highest BCUT2D eigenvalue weighted by atomic mass is 16.5. The number of esters is 1. The van der Waals surface area contributed by atoms with E-state index in [1.165, 1.54) is 7.11 Å². The Morgan fingerprint density at radius 3 is 2.48 bits per heavy atom. The van der Waals surface area contributed by atoms with Crippen molar-refractivity contribution in [3.8, 4) is 11.6 Å². The molecule has 2 aromatic rings. The fraction of sp³-hybridized carbons (Fsp3) is 0.267. The minimum atomic E-state index is -0.608. The van der Waals surface area contributed by atoms with Crippen molar-refractivity contribution in [2.24, 2.45) is 0 Å². The van der Waals surface area contributed by atoms with Gasteiger partial charge in [-0.2, -0.15) is 4.98 Å². The van der Waals surface area contributed by atoms with E-state index in [1.54, 1.807) is 19.1 Å². The zero-order chi connectivity index (χ0) is 15.6. The Morgan fingerprint density at radius 1 is 1.10 bits per heavy atom. The van der Waals surface area contributed by atoms with E-state index < -0.39 is 5.97 Å². The lowest BCUT2D eigenvalue weighted by atomic mass is 10.1. The Bertz CT molecular complexity index is 699. The zero-order valence-corrected chi connectivity index (χ0v) is 12.4. The molecule has 0 aliphatic carbocycles. The Hall–Kier alpha value is -2.63. The van der Waals surface area contributed by atoms with Gasteiger partial charge in [0.2, 0.25) is 11.7 Å². The molecule has 0 aliphatic rings. The van der Waals surface area contributed by atoms with Gasteiger partial charge in [-0.15, -0.1) is 0 Å². The monoisotopic (exact) mass is 287 g/mol. The Balaban J connectivity index is 2.38. The fourth-order valence-corrected chi connectivity index (χ4v) is 1.85. The first-order chi connectivity index (χ1) is 9.90. The summed E-state index contributed by atoms with van der Waals surface area (Å²) in [5.41, 5.74) is 9.04. The second kappa shape index (κ2) is 5.78. The maximum Gasteiger partial charge on any atom is 0.376 e. The molecule has 1 aromatic carbocycles. The molecule has 2 rings (SSSR count). The Morgan fingerprint density at radius 2 is 1.81 bits per heavy atom. The van der Waals surface area contributed by atoms with Gasteiger partial charge in [-0.05, 0) is 31.9 Å². The van der Waals surface area contributed by atoms with E-state index in [2.05, 4.69) is 14.7 Å². The standard InChI is InChI=1S/C15H17N3O3/c1-8-5-9(2)12(7-11(8)16)21-13-6-10(3)17-14(18-13)15(19)20-4/h5-7H,16H2,1-4H3. The second-order valence-electron chi connectivity index (χ2n) is 4.74. The summed E-state index contributed by atoms with van der Waals surface area (Å²) in [6, 6.07) is 5.31. The predicted octanol–water partition coefficient (Wildman–Crippen LogP) is 2.56. The van der Waals surface area contributed by atoms with Crippen molar-refractivity contribution in [1.82, 2.24) is 9.97 Å². The summed E-state index contributed by atoms with van der Waals surface area (Å²) < 4.78 is 10.3. The molecular formula is C15H17N3O3. The normalized spacial score (nSPS) is 10.3. The Kier molecular flexibility index (Phi) is 4.07. The van der Waals surface area contributed by atoms with Gasteiger partial charge in [0, 0.05) is 23.5 Å². The molecule has 0 bridgehead atoms. The SMILES string of the molecule is COC(=O)c1nc(C)cc(Oc2cc(N)c(C)cc2C)n1. The fourth-order valence-electron chi connectivity index (χ4n) is 1.85. The third kappa shape index (κ3) is 3.28. The summed E-state index contributed by atoms with van der Waals surface area (Å²) in [5.74, 6) is 0.218. The van der Waals surface area contributed by atoms with E-state index in [9.17, 15) is 4.79 Å². The molecule has 21 heavy (non-hydrogen) atoms. The highest BCUT2D eigenvalue weighted by Gasteiger charge is 2.13. The molecule has 0 atom stereocenters. The average molecular weight is 287 g/mol. The smallest absolute Gasteiger partial charge is 0.376 e. The van der Waals surface area contributed by atoms with Crippen LogP contribution in [0.15, 0.2) is 18.2 Å². The third-order valence-corrected chi connectivity index (χ3v) is 2.98. The number of hydrogen-bond acceptors (Lipinski definition) is 6. The second-order valence-corrected chi connectivity index (χ2v) is 4.74. The first kappa shape index (κ1) is 14.8. The number of nitrogen functional groups attached to an aromatic ring is 1. The van der Waals surface area contributed by atoms with Crippen LogP contribution in [0.1, 0.15) is 27.4 Å². The van der Waals surface area contributed by atoms with Crippen molar-refractivity contribution in [1.29, 1.82) is 0 Å². The molecular weight excluding hydrogens is 270 g/mol. The number of methoxy groups -OCH3 is 1. The van der Waals surface area contributed by atoms with Crippen LogP contribution in [0.3, 0.4) is 0 Å². The van der Waals surface area contributed by atoms with Crippen LogP contribution in [0.2, 0.25) is 0 Å². The summed E-state index contributed by atoms with van der Waals surface area (Å²) in [4.78, 5) is 19.6. The highest BCUT2D eigenvalue weighted by molar-refractivity contribution is 5.85. The van der Waals surface area contributed by atoms with Gasteiger partial charge in [0.15, 0.2) is 0 Å². The molecule has 110 valence electrons. The summed E-state index contributed by atoms with van der Waals surface area (Å²) in [6.45, 7) is 5.59. The average Bonchev–Trinajstić information content (AvgIpc) is 2.43. The number of nitrogens with two attached hydrogens (primary N) is 1. The minimum absolute atomic E-state index is 0.0368. The quantitative estimate of drug-likeness (QED) is 0.689. The van der Waals surface area contributed by atoms with Crippen LogP contribution in [0.4, 0.5) is 5.69 Å². The molecule has 1 aromatic heterocycles. The number of benzene rings is 1. The van der Waals surface area contributed by atoms with Crippen molar-refractivity contribution in [2.75, 3.05) is 12.8 Å². The van der Waals surface area contributed by atoms with Crippen molar-refractivity contribution in [3.05, 3.63) is 40.8 Å². The van der Waals surface area contributed by atoms with E-state index in [0.29, 0.717) is 17.1 Å². The van der Waals surface area contributed by atoms with Crippen LogP contribution in [-0.2, 0) is 4.74 Å². The molecule has 0 radical (unpaired) electrons. The van der Waals surface area contributed by atoms with Gasteiger partial charge >= 0.3 is 5.97 Å². The number of ether oxygens (including phenoxy) is 2. The number of aryl methyl sites for hydroxylation is 3. The number of anilines is 1. The van der Waals surface area contributed by atoms with E-state index >= 15 is 0 Å². The first-order valence-electron chi connectivity index (χ1n) is 6.39. The van der Waals surface area contributed by atoms with Crippen LogP contribution in [0.25, 0.3) is 0 Å². The first-order valence-corrected chi connectivity index (χ1v) is 6.39. The number of nitrogens with zero attached hydrogens (tertiary/aromatic N) is 2. The highest BCUT2D eigenvalue weighted by Crippen LogP contribution is 2.28. The predicted molar refractivity (Wildman–Crippen MR) is 78.5 cm³/mol. The molecule has 0 saturated carbocycles. The molecule has 0 fully saturated rings. The largest absolute Gasteiger partial charge is 0.463 e. The van der Waals surface area contributed by atoms with E-state index in [4.69, 9.17) is 10.5 Å². The maximum atomic E-state index is 11.5. The Labute approximate surface area is 122 Å². The molecule has 0 unspecified atom stereocenters. The van der Waals surface area contributed by atoms with Gasteiger partial charge in [-0.1, -0.05) is 6.07 Å². The lowest BCUT2D eigenvalue weighted by Crippen LogP contribution is -2.09. The molecule has 1 heterocycles. The molecule has 0 spiro atoms. The van der Waals surface area contributed by atoms with Gasteiger partial charge in [0.1, 0.15) is 5.75 Å². The van der Waals surface area contributed by atoms with E-state index in [-0.39, 0.29) is 11.7 Å². The van der Waals surface area contributed by atoms with Crippen molar-refractivity contribution in [3.63, 3.8) is 0 Å². The summed E-state index contributed by atoms with van der Waals surface area (Å²) in [7, 11) is 1.28. The molecule has 2 N–H and O–H groups in total. The maximum absolute atomic E-state index is 11.5.